The molecule has 112 valence electrons. The molecule has 1 heterocycles. The molecule has 4 heteroatoms. The molecule has 4 nitrogen and oxygen atoms in total. The van der Waals surface area contributed by atoms with Gasteiger partial charge in [0.15, 0.2) is 0 Å². The Balaban J connectivity index is 2.18. The Bertz CT molecular complexity index is 465. The SMILES string of the molecule is CC(C)(C)NCC(O)C1OC(C)(C)Oc2ccccc21. The van der Waals surface area contributed by atoms with Gasteiger partial charge >= 0.3 is 0 Å². The maximum atomic E-state index is 10.5. The van der Waals surface area contributed by atoms with Crippen LogP contribution in [0.15, 0.2) is 24.3 Å². The Morgan fingerprint density at radius 3 is 2.60 bits per heavy atom. The molecule has 0 spiro atoms. The molecule has 20 heavy (non-hydrogen) atoms. The van der Waals surface area contributed by atoms with Gasteiger partial charge < -0.3 is 19.9 Å². The molecule has 1 aromatic carbocycles. The zero-order valence-corrected chi connectivity index (χ0v) is 12.9. The molecule has 0 radical (unpaired) electrons. The molecule has 0 aliphatic carbocycles. The van der Waals surface area contributed by atoms with Crippen LogP contribution in [0.25, 0.3) is 0 Å². The molecule has 1 aliphatic rings. The van der Waals surface area contributed by atoms with E-state index in [4.69, 9.17) is 9.47 Å². The maximum absolute atomic E-state index is 10.5. The Morgan fingerprint density at radius 2 is 1.95 bits per heavy atom. The molecule has 0 saturated carbocycles. The van der Waals surface area contributed by atoms with Gasteiger partial charge in [0.2, 0.25) is 5.79 Å². The van der Waals surface area contributed by atoms with Crippen LogP contribution in [0.2, 0.25) is 0 Å². The summed E-state index contributed by atoms with van der Waals surface area (Å²) in [6, 6.07) is 7.71. The number of hydrogen-bond acceptors (Lipinski definition) is 4. The molecule has 2 N–H and O–H groups in total. The maximum Gasteiger partial charge on any atom is 0.205 e. The molecule has 1 aromatic rings. The summed E-state index contributed by atoms with van der Waals surface area (Å²) in [5.74, 6) is 0.0467. The highest BCUT2D eigenvalue weighted by Crippen LogP contribution is 2.39. The number of rotatable bonds is 3. The van der Waals surface area contributed by atoms with Crippen molar-refractivity contribution in [2.24, 2.45) is 0 Å². The lowest BCUT2D eigenvalue weighted by molar-refractivity contribution is -0.228. The fourth-order valence-electron chi connectivity index (χ4n) is 2.27. The van der Waals surface area contributed by atoms with Gasteiger partial charge in [0, 0.05) is 31.5 Å². The summed E-state index contributed by atoms with van der Waals surface area (Å²) in [6.45, 7) is 10.4. The van der Waals surface area contributed by atoms with Crippen molar-refractivity contribution >= 4 is 0 Å². The van der Waals surface area contributed by atoms with E-state index in [-0.39, 0.29) is 11.6 Å². The van der Waals surface area contributed by atoms with Crippen LogP contribution in [-0.2, 0) is 4.74 Å². The van der Waals surface area contributed by atoms with Crippen LogP contribution in [0.4, 0.5) is 0 Å². The Labute approximate surface area is 121 Å². The van der Waals surface area contributed by atoms with Gasteiger partial charge in [0.25, 0.3) is 0 Å². The van der Waals surface area contributed by atoms with Crippen molar-refractivity contribution in [2.75, 3.05) is 6.54 Å². The predicted molar refractivity (Wildman–Crippen MR) is 78.7 cm³/mol. The minimum absolute atomic E-state index is 0.0405. The van der Waals surface area contributed by atoms with Gasteiger partial charge in [-0.1, -0.05) is 18.2 Å². The average Bonchev–Trinajstić information content (AvgIpc) is 2.33. The second-order valence-electron chi connectivity index (χ2n) is 6.78. The van der Waals surface area contributed by atoms with Gasteiger partial charge in [0.1, 0.15) is 11.9 Å². The van der Waals surface area contributed by atoms with E-state index >= 15 is 0 Å². The minimum Gasteiger partial charge on any atom is -0.463 e. The topological polar surface area (TPSA) is 50.7 Å². The molecule has 0 fully saturated rings. The smallest absolute Gasteiger partial charge is 0.205 e. The van der Waals surface area contributed by atoms with Crippen LogP contribution in [0.1, 0.15) is 46.3 Å². The summed E-state index contributed by atoms with van der Waals surface area (Å²) in [7, 11) is 0. The summed E-state index contributed by atoms with van der Waals surface area (Å²) in [5, 5.41) is 13.8. The number of para-hydroxylation sites is 1. The van der Waals surface area contributed by atoms with Gasteiger partial charge in [-0.2, -0.15) is 0 Å². The number of benzene rings is 1. The van der Waals surface area contributed by atoms with Crippen molar-refractivity contribution in [3.8, 4) is 5.75 Å². The van der Waals surface area contributed by atoms with Crippen molar-refractivity contribution in [3.05, 3.63) is 29.8 Å². The van der Waals surface area contributed by atoms with Crippen molar-refractivity contribution in [1.82, 2.24) is 5.32 Å². The Kier molecular flexibility index (Phi) is 4.09. The number of nitrogens with one attached hydrogen (secondary N) is 1. The number of aliphatic hydroxyl groups is 1. The first kappa shape index (κ1) is 15.3. The molecular formula is C16H25NO3. The van der Waals surface area contributed by atoms with Gasteiger partial charge in [-0.15, -0.1) is 0 Å². The average molecular weight is 279 g/mol. The highest BCUT2D eigenvalue weighted by molar-refractivity contribution is 5.37. The Hall–Kier alpha value is -1.10. The van der Waals surface area contributed by atoms with E-state index in [0.717, 1.165) is 11.3 Å². The van der Waals surface area contributed by atoms with E-state index in [1.54, 1.807) is 0 Å². The lowest BCUT2D eigenvalue weighted by Gasteiger charge is -2.40. The summed E-state index contributed by atoms with van der Waals surface area (Å²) in [6.07, 6.45) is -1.01. The van der Waals surface area contributed by atoms with Gasteiger partial charge in [-0.25, -0.2) is 0 Å². The second kappa shape index (κ2) is 5.35. The van der Waals surface area contributed by atoms with Crippen molar-refractivity contribution in [1.29, 1.82) is 0 Å². The van der Waals surface area contributed by atoms with Crippen LogP contribution < -0.4 is 10.1 Å². The molecular weight excluding hydrogens is 254 g/mol. The zero-order chi connectivity index (χ0) is 15.0. The van der Waals surface area contributed by atoms with E-state index in [1.165, 1.54) is 0 Å². The Morgan fingerprint density at radius 1 is 1.30 bits per heavy atom. The molecule has 0 saturated heterocycles. The number of ether oxygens (including phenoxy) is 2. The predicted octanol–water partition coefficient (Wildman–Crippen LogP) is 2.62. The van der Waals surface area contributed by atoms with Crippen molar-refractivity contribution < 1.29 is 14.6 Å². The van der Waals surface area contributed by atoms with Gasteiger partial charge in [-0.3, -0.25) is 0 Å². The molecule has 2 atom stereocenters. The third kappa shape index (κ3) is 3.72. The molecule has 0 amide bonds. The largest absolute Gasteiger partial charge is 0.463 e. The second-order valence-corrected chi connectivity index (χ2v) is 6.78. The fourth-order valence-corrected chi connectivity index (χ4v) is 2.27. The first-order valence-corrected chi connectivity index (χ1v) is 7.07. The van der Waals surface area contributed by atoms with E-state index in [0.29, 0.717) is 6.54 Å². The summed E-state index contributed by atoms with van der Waals surface area (Å²) in [5.41, 5.74) is 0.858. The van der Waals surface area contributed by atoms with Crippen LogP contribution in [-0.4, -0.2) is 29.1 Å². The third-order valence-corrected chi connectivity index (χ3v) is 3.18. The highest BCUT2D eigenvalue weighted by atomic mass is 16.7. The minimum atomic E-state index is -0.734. The van der Waals surface area contributed by atoms with Crippen molar-refractivity contribution in [2.45, 2.75) is 58.2 Å². The number of fused-ring (bicyclic) bond motifs is 1. The van der Waals surface area contributed by atoms with E-state index in [2.05, 4.69) is 26.1 Å². The van der Waals surface area contributed by atoms with Gasteiger partial charge in [-0.05, 0) is 26.8 Å². The number of hydrogen-bond donors (Lipinski definition) is 2. The molecule has 0 bridgehead atoms. The quantitative estimate of drug-likeness (QED) is 0.893. The van der Waals surface area contributed by atoms with Crippen LogP contribution in [0.5, 0.6) is 5.75 Å². The number of aliphatic hydroxyl groups excluding tert-OH is 1. The van der Waals surface area contributed by atoms with E-state index in [9.17, 15) is 5.11 Å². The van der Waals surface area contributed by atoms with Crippen molar-refractivity contribution in [3.63, 3.8) is 0 Å². The first-order valence-electron chi connectivity index (χ1n) is 7.07. The fraction of sp³-hybridized carbons (Fsp3) is 0.625. The van der Waals surface area contributed by atoms with Crippen LogP contribution in [0.3, 0.4) is 0 Å². The van der Waals surface area contributed by atoms with Crippen LogP contribution in [0, 0.1) is 0 Å². The normalized spacial score (nSPS) is 22.8. The third-order valence-electron chi connectivity index (χ3n) is 3.18. The van der Waals surface area contributed by atoms with Crippen LogP contribution >= 0.6 is 0 Å². The monoisotopic (exact) mass is 279 g/mol. The molecule has 1 aliphatic heterocycles. The zero-order valence-electron chi connectivity index (χ0n) is 12.9. The highest BCUT2D eigenvalue weighted by Gasteiger charge is 2.37. The number of β-amino-alcohol motifs (C(OH)–C–C–N with tert-alkyl or cyclic N) is 1. The molecule has 2 rings (SSSR count). The van der Waals surface area contributed by atoms with E-state index < -0.39 is 11.9 Å². The molecule has 2 unspecified atom stereocenters. The summed E-state index contributed by atoms with van der Waals surface area (Å²) >= 11 is 0. The molecule has 0 aromatic heterocycles. The van der Waals surface area contributed by atoms with Gasteiger partial charge in [0.05, 0.1) is 6.10 Å². The summed E-state index contributed by atoms with van der Waals surface area (Å²) < 4.78 is 11.7. The standard InChI is InChI=1S/C16H25NO3/c1-15(2,3)17-10-12(18)14-11-8-6-7-9-13(11)19-16(4,5)20-14/h6-9,12,14,17-18H,10H2,1-5H3. The lowest BCUT2D eigenvalue weighted by Crippen LogP contribution is -2.47. The first-order chi connectivity index (χ1) is 9.18. The summed E-state index contributed by atoms with van der Waals surface area (Å²) in [4.78, 5) is 0. The van der Waals surface area contributed by atoms with E-state index in [1.807, 2.05) is 38.1 Å². The lowest BCUT2D eigenvalue weighted by atomic mass is 10.00.